The number of nitrogens with one attached hydrogen (secondary N) is 1. The van der Waals surface area contributed by atoms with Gasteiger partial charge in [0.2, 0.25) is 5.91 Å². The number of aryl methyl sites for hydroxylation is 2. The summed E-state index contributed by atoms with van der Waals surface area (Å²) in [6.07, 6.45) is 4.69. The Hall–Kier alpha value is -2.24. The Labute approximate surface area is 206 Å². The van der Waals surface area contributed by atoms with Crippen LogP contribution in [0.1, 0.15) is 55.7 Å². The highest BCUT2D eigenvalue weighted by Crippen LogP contribution is 2.25. The molecule has 0 unspecified atom stereocenters. The number of halogens is 2. The molecule has 2 amide bonds. The Kier molecular flexibility index (Phi) is 9.04. The van der Waals surface area contributed by atoms with Crippen molar-refractivity contribution in [2.45, 2.75) is 71.5 Å². The zero-order valence-electron chi connectivity index (χ0n) is 19.5. The summed E-state index contributed by atoms with van der Waals surface area (Å²) in [4.78, 5) is 28.1. The van der Waals surface area contributed by atoms with E-state index >= 15 is 0 Å². The third-order valence-electron chi connectivity index (χ3n) is 6.00. The van der Waals surface area contributed by atoms with Crippen LogP contribution >= 0.6 is 23.2 Å². The first-order valence-electron chi connectivity index (χ1n) is 11.5. The Morgan fingerprint density at radius 2 is 1.76 bits per heavy atom. The van der Waals surface area contributed by atoms with Crippen LogP contribution < -0.4 is 10.1 Å². The molecule has 0 spiro atoms. The Bertz CT molecular complexity index is 969. The largest absolute Gasteiger partial charge is 0.484 e. The molecule has 1 saturated carbocycles. The van der Waals surface area contributed by atoms with E-state index in [1.807, 2.05) is 39.0 Å². The predicted molar refractivity (Wildman–Crippen MR) is 133 cm³/mol. The molecule has 2 aromatic rings. The molecule has 0 aliphatic heterocycles. The van der Waals surface area contributed by atoms with E-state index in [0.717, 1.165) is 42.4 Å². The summed E-state index contributed by atoms with van der Waals surface area (Å²) in [5.41, 5.74) is 2.85. The number of benzene rings is 2. The van der Waals surface area contributed by atoms with Crippen LogP contribution in [0.5, 0.6) is 5.75 Å². The SMILES string of the molecule is CC[C@H](C(=O)NC1CCCC1)N(Cc1ccc(Cl)cc1Cl)C(=O)COc1cc(C)cc(C)c1. The van der Waals surface area contributed by atoms with E-state index in [9.17, 15) is 9.59 Å². The van der Waals surface area contributed by atoms with Gasteiger partial charge in [-0.25, -0.2) is 0 Å². The molecule has 1 fully saturated rings. The second-order valence-corrected chi connectivity index (χ2v) is 9.63. The zero-order valence-corrected chi connectivity index (χ0v) is 21.0. The van der Waals surface area contributed by atoms with Gasteiger partial charge >= 0.3 is 0 Å². The lowest BCUT2D eigenvalue weighted by molar-refractivity contribution is -0.143. The van der Waals surface area contributed by atoms with E-state index in [1.165, 1.54) is 0 Å². The summed E-state index contributed by atoms with van der Waals surface area (Å²) < 4.78 is 5.83. The van der Waals surface area contributed by atoms with Gasteiger partial charge in [-0.2, -0.15) is 0 Å². The summed E-state index contributed by atoms with van der Waals surface area (Å²) in [6.45, 7) is 5.91. The van der Waals surface area contributed by atoms with Gasteiger partial charge in [0, 0.05) is 22.6 Å². The fraction of sp³-hybridized carbons (Fsp3) is 0.462. The molecule has 3 rings (SSSR count). The van der Waals surface area contributed by atoms with Gasteiger partial charge in [0.25, 0.3) is 5.91 Å². The Balaban J connectivity index is 1.80. The van der Waals surface area contributed by atoms with E-state index in [4.69, 9.17) is 27.9 Å². The summed E-state index contributed by atoms with van der Waals surface area (Å²) in [6, 6.07) is 10.6. The van der Waals surface area contributed by atoms with E-state index < -0.39 is 6.04 Å². The molecule has 1 aliphatic rings. The molecule has 5 nitrogen and oxygen atoms in total. The van der Waals surface area contributed by atoms with Crippen molar-refractivity contribution < 1.29 is 14.3 Å². The second-order valence-electron chi connectivity index (χ2n) is 8.78. The normalized spacial score (nSPS) is 14.7. The van der Waals surface area contributed by atoms with Gasteiger partial charge in [0.05, 0.1) is 0 Å². The van der Waals surface area contributed by atoms with Crippen molar-refractivity contribution in [1.82, 2.24) is 10.2 Å². The Morgan fingerprint density at radius 3 is 2.36 bits per heavy atom. The van der Waals surface area contributed by atoms with Gasteiger partial charge in [-0.1, -0.05) is 55.1 Å². The molecular formula is C26H32Cl2N2O3. The molecule has 1 N–H and O–H groups in total. The van der Waals surface area contributed by atoms with Gasteiger partial charge in [0.1, 0.15) is 11.8 Å². The fourth-order valence-electron chi connectivity index (χ4n) is 4.36. The Morgan fingerprint density at radius 1 is 1.09 bits per heavy atom. The zero-order chi connectivity index (χ0) is 24.0. The van der Waals surface area contributed by atoms with Crippen molar-refractivity contribution in [2.24, 2.45) is 0 Å². The number of carbonyl (C=O) groups excluding carboxylic acids is 2. The van der Waals surface area contributed by atoms with Gasteiger partial charge < -0.3 is 15.0 Å². The van der Waals surface area contributed by atoms with Crippen molar-refractivity contribution in [1.29, 1.82) is 0 Å². The van der Waals surface area contributed by atoms with E-state index in [2.05, 4.69) is 5.32 Å². The highest BCUT2D eigenvalue weighted by molar-refractivity contribution is 6.35. The number of ether oxygens (including phenoxy) is 1. The minimum Gasteiger partial charge on any atom is -0.484 e. The maximum atomic E-state index is 13.4. The average Bonchev–Trinajstić information content (AvgIpc) is 3.25. The molecule has 33 heavy (non-hydrogen) atoms. The highest BCUT2D eigenvalue weighted by atomic mass is 35.5. The molecule has 1 atom stereocenters. The lowest BCUT2D eigenvalue weighted by atomic mass is 10.1. The van der Waals surface area contributed by atoms with Crippen LogP contribution in [0.3, 0.4) is 0 Å². The topological polar surface area (TPSA) is 58.6 Å². The van der Waals surface area contributed by atoms with Crippen LogP contribution in [0, 0.1) is 13.8 Å². The first kappa shape index (κ1) is 25.4. The third-order valence-corrected chi connectivity index (χ3v) is 6.59. The van der Waals surface area contributed by atoms with Crippen LogP contribution in [0.15, 0.2) is 36.4 Å². The first-order chi connectivity index (χ1) is 15.8. The standard InChI is InChI=1S/C26H32Cl2N2O3/c1-4-24(26(32)29-21-7-5-6-8-21)30(15-19-9-10-20(27)14-23(19)28)25(31)16-33-22-12-17(2)11-18(3)13-22/h9-14,21,24H,4-8,15-16H2,1-3H3,(H,29,32)/t24-/m1/s1. The number of carbonyl (C=O) groups is 2. The molecule has 178 valence electrons. The molecule has 0 aromatic heterocycles. The lowest BCUT2D eigenvalue weighted by Gasteiger charge is -2.31. The van der Waals surface area contributed by atoms with Gasteiger partial charge in [-0.05, 0) is 74.1 Å². The van der Waals surface area contributed by atoms with Gasteiger partial charge in [0.15, 0.2) is 6.61 Å². The van der Waals surface area contributed by atoms with Crippen LogP contribution in [0.25, 0.3) is 0 Å². The van der Waals surface area contributed by atoms with Crippen molar-refractivity contribution in [2.75, 3.05) is 6.61 Å². The van der Waals surface area contributed by atoms with Crippen molar-refractivity contribution >= 4 is 35.0 Å². The maximum absolute atomic E-state index is 13.4. The maximum Gasteiger partial charge on any atom is 0.261 e. The lowest BCUT2D eigenvalue weighted by Crippen LogP contribution is -2.52. The molecule has 0 saturated heterocycles. The van der Waals surface area contributed by atoms with Crippen LogP contribution in [0.2, 0.25) is 10.0 Å². The second kappa shape index (κ2) is 11.8. The monoisotopic (exact) mass is 490 g/mol. The minimum absolute atomic E-state index is 0.130. The van der Waals surface area contributed by atoms with Crippen LogP contribution in [-0.4, -0.2) is 35.4 Å². The summed E-state index contributed by atoms with van der Waals surface area (Å²) in [5.74, 6) is 0.233. The number of hydrogen-bond acceptors (Lipinski definition) is 3. The van der Waals surface area contributed by atoms with E-state index in [1.54, 1.807) is 23.1 Å². The number of hydrogen-bond donors (Lipinski definition) is 1. The first-order valence-corrected chi connectivity index (χ1v) is 12.3. The van der Waals surface area contributed by atoms with Gasteiger partial charge in [-0.3, -0.25) is 9.59 Å². The number of rotatable bonds is 9. The molecule has 2 aromatic carbocycles. The highest BCUT2D eigenvalue weighted by Gasteiger charge is 2.31. The summed E-state index contributed by atoms with van der Waals surface area (Å²) >= 11 is 12.4. The molecule has 1 aliphatic carbocycles. The molecule has 0 heterocycles. The van der Waals surface area contributed by atoms with Gasteiger partial charge in [-0.15, -0.1) is 0 Å². The molecule has 0 bridgehead atoms. The van der Waals surface area contributed by atoms with E-state index in [-0.39, 0.29) is 31.0 Å². The fourth-order valence-corrected chi connectivity index (χ4v) is 4.83. The number of amides is 2. The van der Waals surface area contributed by atoms with E-state index in [0.29, 0.717) is 22.2 Å². The van der Waals surface area contributed by atoms with Crippen LogP contribution in [-0.2, 0) is 16.1 Å². The molecular weight excluding hydrogens is 459 g/mol. The molecule has 7 heteroatoms. The quantitative estimate of drug-likeness (QED) is 0.479. The molecule has 0 radical (unpaired) electrons. The third kappa shape index (κ3) is 7.12. The van der Waals surface area contributed by atoms with Crippen molar-refractivity contribution in [3.05, 3.63) is 63.1 Å². The minimum atomic E-state index is -0.618. The van der Waals surface area contributed by atoms with Crippen molar-refractivity contribution in [3.63, 3.8) is 0 Å². The van der Waals surface area contributed by atoms with Crippen molar-refractivity contribution in [3.8, 4) is 5.75 Å². The predicted octanol–water partition coefficient (Wildman–Crippen LogP) is 5.86. The summed E-state index contributed by atoms with van der Waals surface area (Å²) in [5, 5.41) is 4.11. The average molecular weight is 491 g/mol. The smallest absolute Gasteiger partial charge is 0.261 e. The summed E-state index contributed by atoms with van der Waals surface area (Å²) in [7, 11) is 0. The number of nitrogens with zero attached hydrogens (tertiary/aromatic N) is 1. The van der Waals surface area contributed by atoms with Crippen LogP contribution in [0.4, 0.5) is 0 Å².